The number of aromatic nitrogens is 1. The first-order valence-electron chi connectivity index (χ1n) is 8.55. The van der Waals surface area contributed by atoms with Gasteiger partial charge >= 0.3 is 0 Å². The van der Waals surface area contributed by atoms with E-state index in [-0.39, 0.29) is 0 Å². The van der Waals surface area contributed by atoms with Gasteiger partial charge in [-0.3, -0.25) is 0 Å². The molecule has 4 rings (SSSR count). The number of carbonyl (C=O) groups excluding carboxylic acids is 1. The van der Waals surface area contributed by atoms with Crippen LogP contribution in [-0.2, 0) is 11.2 Å². The molecule has 1 N–H and O–H groups in total. The largest absolute Gasteiger partial charge is 0.457 e. The van der Waals surface area contributed by atoms with Crippen LogP contribution in [0.4, 0.5) is 5.69 Å². The van der Waals surface area contributed by atoms with Gasteiger partial charge in [-0.2, -0.15) is 0 Å². The number of hydrogen-bond donors (Lipinski definition) is 1. The van der Waals surface area contributed by atoms with Crippen LogP contribution in [0.25, 0.3) is 10.2 Å². The van der Waals surface area contributed by atoms with Gasteiger partial charge in [-0.1, -0.05) is 30.3 Å². The Morgan fingerprint density at radius 3 is 2.59 bits per heavy atom. The van der Waals surface area contributed by atoms with Crippen molar-refractivity contribution in [3.63, 3.8) is 0 Å². The van der Waals surface area contributed by atoms with Crippen LogP contribution >= 0.6 is 11.3 Å². The zero-order valence-electron chi connectivity index (χ0n) is 15.0. The summed E-state index contributed by atoms with van der Waals surface area (Å²) in [6.07, 6.45) is 1.31. The predicted molar refractivity (Wildman–Crippen MR) is 112 cm³/mol. The van der Waals surface area contributed by atoms with E-state index < -0.39 is 0 Å². The van der Waals surface area contributed by atoms with Crippen molar-refractivity contribution in [3.05, 3.63) is 83.9 Å². The number of para-hydroxylation sites is 1. The van der Waals surface area contributed by atoms with Gasteiger partial charge in [0.1, 0.15) is 17.8 Å². The van der Waals surface area contributed by atoms with Crippen LogP contribution in [0.3, 0.4) is 0 Å². The van der Waals surface area contributed by atoms with Crippen LogP contribution in [0.15, 0.2) is 78.3 Å². The quantitative estimate of drug-likeness (QED) is 0.463. The standard InChI is InChI=1S/C14H12O2.C8H8N2S/c15-10-9-12-5-4-8-14(11-12)16-13-6-2-1-3-7-13;1-9-6-2-3-7-8(4-6)11-5-10-7/h1-8,10-11H,9H2;2-5,9H,1H3. The molecule has 4 nitrogen and oxygen atoms in total. The maximum atomic E-state index is 10.4. The first-order chi connectivity index (χ1) is 13.3. The summed E-state index contributed by atoms with van der Waals surface area (Å²) in [6, 6.07) is 23.3. The lowest BCUT2D eigenvalue weighted by atomic mass is 10.1. The fourth-order valence-electron chi connectivity index (χ4n) is 2.47. The molecular formula is C22H20N2O2S. The molecule has 136 valence electrons. The second-order valence-corrected chi connectivity index (χ2v) is 6.60. The smallest absolute Gasteiger partial charge is 0.127 e. The van der Waals surface area contributed by atoms with Crippen molar-refractivity contribution in [3.8, 4) is 11.5 Å². The molecule has 0 spiro atoms. The molecule has 0 atom stereocenters. The molecular weight excluding hydrogens is 356 g/mol. The number of benzene rings is 3. The Kier molecular flexibility index (Phi) is 6.55. The average Bonchev–Trinajstić information content (AvgIpc) is 3.17. The number of fused-ring (bicyclic) bond motifs is 1. The molecule has 5 heteroatoms. The molecule has 0 fully saturated rings. The molecule has 0 aliphatic carbocycles. The first-order valence-corrected chi connectivity index (χ1v) is 9.43. The van der Waals surface area contributed by atoms with E-state index >= 15 is 0 Å². The summed E-state index contributed by atoms with van der Waals surface area (Å²) >= 11 is 1.67. The first kappa shape index (κ1) is 18.6. The van der Waals surface area contributed by atoms with Crippen LogP contribution < -0.4 is 10.1 Å². The number of thiazole rings is 1. The van der Waals surface area contributed by atoms with Crippen LogP contribution in [0, 0.1) is 0 Å². The zero-order chi connectivity index (χ0) is 18.9. The van der Waals surface area contributed by atoms with E-state index in [1.165, 1.54) is 4.70 Å². The number of carbonyl (C=O) groups is 1. The van der Waals surface area contributed by atoms with Gasteiger partial charge in [-0.05, 0) is 48.0 Å². The Balaban J connectivity index is 0.000000166. The highest BCUT2D eigenvalue weighted by molar-refractivity contribution is 7.16. The number of hydrogen-bond acceptors (Lipinski definition) is 5. The van der Waals surface area contributed by atoms with Crippen molar-refractivity contribution in [2.45, 2.75) is 6.42 Å². The Morgan fingerprint density at radius 2 is 1.81 bits per heavy atom. The minimum Gasteiger partial charge on any atom is -0.457 e. The molecule has 1 heterocycles. The lowest BCUT2D eigenvalue weighted by Gasteiger charge is -2.06. The number of anilines is 1. The van der Waals surface area contributed by atoms with Crippen molar-refractivity contribution in [1.29, 1.82) is 0 Å². The van der Waals surface area contributed by atoms with E-state index in [1.54, 1.807) is 11.3 Å². The third-order valence-electron chi connectivity index (χ3n) is 3.82. The second kappa shape index (κ2) is 9.50. The zero-order valence-corrected chi connectivity index (χ0v) is 15.8. The van der Waals surface area contributed by atoms with Gasteiger partial charge in [0.2, 0.25) is 0 Å². The number of nitrogens with zero attached hydrogens (tertiary/aromatic N) is 1. The maximum Gasteiger partial charge on any atom is 0.127 e. The monoisotopic (exact) mass is 376 g/mol. The van der Waals surface area contributed by atoms with E-state index in [0.29, 0.717) is 6.42 Å². The third-order valence-corrected chi connectivity index (χ3v) is 4.61. The van der Waals surface area contributed by atoms with Gasteiger partial charge < -0.3 is 14.8 Å². The second-order valence-electron chi connectivity index (χ2n) is 5.72. The van der Waals surface area contributed by atoms with E-state index in [2.05, 4.69) is 16.4 Å². The summed E-state index contributed by atoms with van der Waals surface area (Å²) in [4.78, 5) is 14.6. The molecule has 0 radical (unpaired) electrons. The highest BCUT2D eigenvalue weighted by atomic mass is 32.1. The molecule has 0 aliphatic heterocycles. The summed E-state index contributed by atoms with van der Waals surface area (Å²) in [5, 5.41) is 3.09. The fourth-order valence-corrected chi connectivity index (χ4v) is 3.18. The molecule has 0 unspecified atom stereocenters. The molecule has 0 bridgehead atoms. The van der Waals surface area contributed by atoms with Crippen LogP contribution in [-0.4, -0.2) is 18.3 Å². The lowest BCUT2D eigenvalue weighted by Crippen LogP contribution is -1.88. The summed E-state index contributed by atoms with van der Waals surface area (Å²) < 4.78 is 6.88. The minimum absolute atomic E-state index is 0.423. The molecule has 0 aliphatic rings. The Bertz CT molecular complexity index is 999. The van der Waals surface area contributed by atoms with Crippen LogP contribution in [0.5, 0.6) is 11.5 Å². The van der Waals surface area contributed by atoms with E-state index in [9.17, 15) is 4.79 Å². The van der Waals surface area contributed by atoms with Crippen LogP contribution in [0.1, 0.15) is 5.56 Å². The molecule has 0 saturated carbocycles. The van der Waals surface area contributed by atoms with Crippen molar-refractivity contribution in [1.82, 2.24) is 4.98 Å². The van der Waals surface area contributed by atoms with Crippen molar-refractivity contribution >= 4 is 33.5 Å². The Hall–Kier alpha value is -3.18. The van der Waals surface area contributed by atoms with Crippen molar-refractivity contribution in [2.75, 3.05) is 12.4 Å². The molecule has 27 heavy (non-hydrogen) atoms. The van der Waals surface area contributed by atoms with Crippen LogP contribution in [0.2, 0.25) is 0 Å². The Morgan fingerprint density at radius 1 is 1.00 bits per heavy atom. The number of ether oxygens (including phenoxy) is 1. The Labute approximate surface area is 162 Å². The number of rotatable bonds is 5. The summed E-state index contributed by atoms with van der Waals surface area (Å²) in [7, 11) is 1.92. The summed E-state index contributed by atoms with van der Waals surface area (Å²) in [5.74, 6) is 1.55. The minimum atomic E-state index is 0.423. The third kappa shape index (κ3) is 5.39. The van der Waals surface area contributed by atoms with Gasteiger partial charge in [0, 0.05) is 19.2 Å². The topological polar surface area (TPSA) is 51.2 Å². The van der Waals surface area contributed by atoms with Gasteiger partial charge in [0.05, 0.1) is 15.7 Å². The molecule has 4 aromatic rings. The molecule has 3 aromatic carbocycles. The normalized spacial score (nSPS) is 9.96. The average molecular weight is 376 g/mol. The fraction of sp³-hybridized carbons (Fsp3) is 0.0909. The lowest BCUT2D eigenvalue weighted by molar-refractivity contribution is -0.107. The SMILES string of the molecule is CNc1ccc2ncsc2c1.O=CCc1cccc(Oc2ccccc2)c1. The predicted octanol–water partition coefficient (Wildman–Crippen LogP) is 5.56. The number of nitrogens with one attached hydrogen (secondary N) is 1. The van der Waals surface area contributed by atoms with Gasteiger partial charge in [0.15, 0.2) is 0 Å². The van der Waals surface area contributed by atoms with E-state index in [0.717, 1.165) is 34.6 Å². The summed E-state index contributed by atoms with van der Waals surface area (Å²) in [6.45, 7) is 0. The molecule has 1 aromatic heterocycles. The van der Waals surface area contributed by atoms with Crippen molar-refractivity contribution < 1.29 is 9.53 Å². The number of aldehydes is 1. The highest BCUT2D eigenvalue weighted by Gasteiger charge is 1.98. The van der Waals surface area contributed by atoms with Gasteiger partial charge in [-0.15, -0.1) is 11.3 Å². The van der Waals surface area contributed by atoms with Crippen molar-refractivity contribution in [2.24, 2.45) is 0 Å². The molecule has 0 amide bonds. The van der Waals surface area contributed by atoms with Gasteiger partial charge in [0.25, 0.3) is 0 Å². The van der Waals surface area contributed by atoms with E-state index in [1.807, 2.05) is 79.3 Å². The maximum absolute atomic E-state index is 10.4. The summed E-state index contributed by atoms with van der Waals surface area (Å²) in [5.41, 5.74) is 5.04. The van der Waals surface area contributed by atoms with E-state index in [4.69, 9.17) is 4.74 Å². The van der Waals surface area contributed by atoms with Gasteiger partial charge in [-0.25, -0.2) is 4.98 Å². The highest BCUT2D eigenvalue weighted by Crippen LogP contribution is 2.22. The molecule has 0 saturated heterocycles.